The molecule has 0 aromatic rings. The number of aliphatic hydroxyl groups is 1. The predicted molar refractivity (Wildman–Crippen MR) is 184 cm³/mol. The number of urea groups is 1. The summed E-state index contributed by atoms with van der Waals surface area (Å²) in [6.07, 6.45) is -1.74. The minimum absolute atomic E-state index is 0.0483. The fourth-order valence-electron chi connectivity index (χ4n) is 7.55. The Kier molecular flexibility index (Phi) is 14.3. The molecule has 0 bridgehead atoms. The number of hydrogen-bond acceptors (Lipinski definition) is 11. The van der Waals surface area contributed by atoms with Crippen LogP contribution >= 0.6 is 0 Å². The maximum absolute atomic E-state index is 14.2. The van der Waals surface area contributed by atoms with Gasteiger partial charge in [0.2, 0.25) is 0 Å². The number of esters is 1. The molecule has 3 saturated heterocycles. The summed E-state index contributed by atoms with van der Waals surface area (Å²) in [7, 11) is 7.49. The molecule has 2 amide bonds. The van der Waals surface area contributed by atoms with Crippen molar-refractivity contribution in [2.24, 2.45) is 17.3 Å². The van der Waals surface area contributed by atoms with Crippen LogP contribution in [0, 0.1) is 17.3 Å². The van der Waals surface area contributed by atoms with Crippen LogP contribution in [0.4, 0.5) is 4.79 Å². The molecule has 278 valence electrons. The molecular weight excluding hydrogens is 618 g/mol. The Hall–Kier alpha value is -1.87. The van der Waals surface area contributed by atoms with Crippen molar-refractivity contribution >= 4 is 17.8 Å². The Morgan fingerprint density at radius 3 is 2.29 bits per heavy atom. The number of amides is 2. The lowest BCUT2D eigenvalue weighted by Crippen LogP contribution is -2.59. The van der Waals surface area contributed by atoms with Crippen LogP contribution < -0.4 is 5.32 Å². The van der Waals surface area contributed by atoms with E-state index in [0.717, 1.165) is 0 Å². The first-order valence-electron chi connectivity index (χ1n) is 17.7. The monoisotopic (exact) mass is 683 g/mol. The largest absolute Gasteiger partial charge is 0.463 e. The predicted octanol–water partition coefficient (Wildman–Crippen LogP) is 2.05. The number of carbonyl (C=O) groups excluding carboxylic acids is 3. The van der Waals surface area contributed by atoms with Crippen LogP contribution in [0.15, 0.2) is 0 Å². The van der Waals surface area contributed by atoms with E-state index in [-0.39, 0.29) is 48.6 Å². The summed E-state index contributed by atoms with van der Waals surface area (Å²) in [4.78, 5) is 48.8. The van der Waals surface area contributed by atoms with E-state index in [1.165, 1.54) is 0 Å². The van der Waals surface area contributed by atoms with Crippen molar-refractivity contribution in [3.05, 3.63) is 0 Å². The zero-order valence-electron chi connectivity index (χ0n) is 31.7. The van der Waals surface area contributed by atoms with Gasteiger partial charge in [0.05, 0.1) is 23.9 Å². The van der Waals surface area contributed by atoms with Crippen molar-refractivity contribution in [3.8, 4) is 0 Å². The third-order valence-corrected chi connectivity index (χ3v) is 10.5. The van der Waals surface area contributed by atoms with Gasteiger partial charge in [-0.15, -0.1) is 0 Å². The van der Waals surface area contributed by atoms with E-state index in [4.69, 9.17) is 18.9 Å². The number of aliphatic hydroxyl groups excluding tert-OH is 1. The van der Waals surface area contributed by atoms with Crippen molar-refractivity contribution in [2.75, 3.05) is 74.1 Å². The van der Waals surface area contributed by atoms with Gasteiger partial charge in [0.1, 0.15) is 18.1 Å². The number of likely N-dealkylation sites (N-methyl/N-ethyl adjacent to an activating group) is 2. The van der Waals surface area contributed by atoms with Gasteiger partial charge < -0.3 is 39.2 Å². The highest BCUT2D eigenvalue weighted by molar-refractivity contribution is 6.04. The Morgan fingerprint density at radius 1 is 1.10 bits per heavy atom. The first-order valence-corrected chi connectivity index (χ1v) is 17.7. The van der Waals surface area contributed by atoms with Crippen molar-refractivity contribution < 1.29 is 38.4 Å². The van der Waals surface area contributed by atoms with E-state index in [1.54, 1.807) is 27.9 Å². The van der Waals surface area contributed by atoms with Crippen LogP contribution in [0.3, 0.4) is 0 Å². The lowest BCUT2D eigenvalue weighted by Gasteiger charge is -2.47. The highest BCUT2D eigenvalue weighted by Gasteiger charge is 2.51. The molecule has 9 atom stereocenters. The first-order chi connectivity index (χ1) is 22.3. The Balaban J connectivity index is 1.87. The molecule has 2 N–H and O–H groups in total. The molecule has 0 radical (unpaired) electrons. The third kappa shape index (κ3) is 9.88. The Morgan fingerprint density at radius 2 is 1.73 bits per heavy atom. The minimum atomic E-state index is -1.46. The van der Waals surface area contributed by atoms with Crippen LogP contribution in [0.25, 0.3) is 0 Å². The van der Waals surface area contributed by atoms with Crippen LogP contribution in [0.2, 0.25) is 0 Å². The lowest BCUT2D eigenvalue weighted by atomic mass is 9.74. The summed E-state index contributed by atoms with van der Waals surface area (Å²) in [5.41, 5.74) is -2.41. The number of ketones is 1. The van der Waals surface area contributed by atoms with Gasteiger partial charge in [-0.1, -0.05) is 13.8 Å². The molecule has 48 heavy (non-hydrogen) atoms. The number of carbonyl (C=O) groups is 3. The van der Waals surface area contributed by atoms with Gasteiger partial charge in [0.15, 0.2) is 12.1 Å². The van der Waals surface area contributed by atoms with E-state index < -0.39 is 41.4 Å². The van der Waals surface area contributed by atoms with E-state index in [1.807, 2.05) is 58.6 Å². The standard InChI is InChI=1S/C35H65N5O8/c1-22(2)36-33(44)40-15-13-39(14-16-40)20-26-21-46-32(43)34(6,7)29(42)25(5)30(35(8,45-12)18-23(3)19-38(26)11)48-31-28(41)27(37(9)10)17-24(4)47-31/h22-28,30-31,41H,13-21H2,1-12H3,(H,36,44)/t23-,24-,25+,26+,27+,28-,30-,31+,35-/m1/s1. The summed E-state index contributed by atoms with van der Waals surface area (Å²) in [5, 5.41) is 14.3. The maximum Gasteiger partial charge on any atom is 0.319 e. The SMILES string of the molecule is CO[C@]1(C)C[C@@H](C)CN(C)[C@@H](CN2CCN(C(=O)NC(C)C)CC2)COC(=O)C(C)(C)C(=O)[C@H](C)[C@H]1O[C@@H]1O[C@H](C)C[C@H](N(C)C)[C@H]1O. The molecular formula is C35H65N5O8. The van der Waals surface area contributed by atoms with Crippen LogP contribution in [0.1, 0.15) is 68.2 Å². The average molecular weight is 684 g/mol. The molecule has 3 rings (SSSR count). The molecule has 3 fully saturated rings. The van der Waals surface area contributed by atoms with E-state index in [2.05, 4.69) is 22.0 Å². The first kappa shape index (κ1) is 40.6. The summed E-state index contributed by atoms with van der Waals surface area (Å²) < 4.78 is 24.9. The number of methoxy groups -OCH3 is 1. The van der Waals surface area contributed by atoms with Crippen LogP contribution in [0.5, 0.6) is 0 Å². The number of nitrogens with one attached hydrogen (secondary N) is 1. The topological polar surface area (TPSA) is 133 Å². The van der Waals surface area contributed by atoms with Gasteiger partial charge in [-0.25, -0.2) is 4.79 Å². The van der Waals surface area contributed by atoms with E-state index >= 15 is 0 Å². The fourth-order valence-corrected chi connectivity index (χ4v) is 7.55. The molecule has 3 aliphatic rings. The van der Waals surface area contributed by atoms with Gasteiger partial charge in [-0.2, -0.15) is 0 Å². The summed E-state index contributed by atoms with van der Waals surface area (Å²) in [6.45, 7) is 19.0. The smallest absolute Gasteiger partial charge is 0.319 e. The highest BCUT2D eigenvalue weighted by Crippen LogP contribution is 2.38. The number of Topliss-reactive ketones (excluding diaryl/α,β-unsaturated/α-hetero) is 1. The molecule has 0 saturated carbocycles. The van der Waals surface area contributed by atoms with Crippen LogP contribution in [-0.2, 0) is 28.5 Å². The second kappa shape index (κ2) is 16.9. The van der Waals surface area contributed by atoms with Gasteiger partial charge in [0, 0.05) is 64.4 Å². The Bertz CT molecular complexity index is 1080. The highest BCUT2D eigenvalue weighted by atomic mass is 16.7. The molecule has 0 unspecified atom stereocenters. The molecule has 0 aromatic heterocycles. The number of hydrogen-bond donors (Lipinski definition) is 2. The van der Waals surface area contributed by atoms with Crippen molar-refractivity contribution in [2.45, 2.75) is 117 Å². The van der Waals surface area contributed by atoms with E-state index in [9.17, 15) is 19.5 Å². The summed E-state index contributed by atoms with van der Waals surface area (Å²) in [6, 6.07) is -0.293. The van der Waals surface area contributed by atoms with Crippen molar-refractivity contribution in [1.29, 1.82) is 0 Å². The quantitative estimate of drug-likeness (QED) is 0.302. The molecule has 13 heteroatoms. The lowest BCUT2D eigenvalue weighted by molar-refractivity contribution is -0.295. The van der Waals surface area contributed by atoms with E-state index in [0.29, 0.717) is 52.1 Å². The van der Waals surface area contributed by atoms with Crippen molar-refractivity contribution in [1.82, 2.24) is 24.9 Å². The summed E-state index contributed by atoms with van der Waals surface area (Å²) in [5.74, 6) is -1.60. The molecule has 3 aliphatic heterocycles. The normalized spacial score (nSPS) is 36.7. The number of cyclic esters (lactones) is 1. The Labute approximate surface area is 288 Å². The molecule has 0 spiro atoms. The second-order valence-corrected chi connectivity index (χ2v) is 15.8. The molecule has 0 aromatic carbocycles. The van der Waals surface area contributed by atoms with Gasteiger partial charge in [0.25, 0.3) is 0 Å². The van der Waals surface area contributed by atoms with Gasteiger partial charge >= 0.3 is 12.0 Å². The minimum Gasteiger partial charge on any atom is -0.463 e. The zero-order chi connectivity index (χ0) is 36.1. The molecule has 0 aliphatic carbocycles. The average Bonchev–Trinajstić information content (AvgIpc) is 3.01. The van der Waals surface area contributed by atoms with Gasteiger partial charge in [-0.3, -0.25) is 19.4 Å². The second-order valence-electron chi connectivity index (χ2n) is 15.8. The van der Waals surface area contributed by atoms with Gasteiger partial charge in [-0.05, 0) is 81.4 Å². The fraction of sp³-hybridized carbons (Fsp3) is 0.914. The van der Waals surface area contributed by atoms with Crippen LogP contribution in [-0.4, -0.2) is 165 Å². The number of ether oxygens (including phenoxy) is 4. The molecule has 13 nitrogen and oxygen atoms in total. The maximum atomic E-state index is 14.2. The molecule has 3 heterocycles. The number of piperazine rings is 1. The number of nitrogens with zero attached hydrogens (tertiary/aromatic N) is 4. The summed E-state index contributed by atoms with van der Waals surface area (Å²) >= 11 is 0. The number of rotatable bonds is 7. The third-order valence-electron chi connectivity index (χ3n) is 10.5. The van der Waals surface area contributed by atoms with Crippen molar-refractivity contribution in [3.63, 3.8) is 0 Å². The zero-order valence-corrected chi connectivity index (χ0v) is 31.7.